The molecule has 2 atom stereocenters. The van der Waals surface area contributed by atoms with Crippen molar-refractivity contribution in [2.45, 2.75) is 31.8 Å². The molecule has 0 saturated carbocycles. The van der Waals surface area contributed by atoms with Crippen molar-refractivity contribution in [3.63, 3.8) is 0 Å². The number of halogens is 2. The highest BCUT2D eigenvalue weighted by molar-refractivity contribution is 6.42. The van der Waals surface area contributed by atoms with Gasteiger partial charge in [0.05, 0.1) is 27.6 Å². The van der Waals surface area contributed by atoms with Crippen LogP contribution in [-0.2, 0) is 0 Å². The number of rotatable bonds is 3. The molecule has 3 aliphatic rings. The van der Waals surface area contributed by atoms with Crippen LogP contribution in [0.4, 0.5) is 5.69 Å². The Balaban J connectivity index is 1.50. The van der Waals surface area contributed by atoms with Crippen LogP contribution < -0.4 is 5.32 Å². The van der Waals surface area contributed by atoms with Gasteiger partial charge in [0.15, 0.2) is 0 Å². The van der Waals surface area contributed by atoms with Crippen molar-refractivity contribution in [2.75, 3.05) is 18.4 Å². The number of fused-ring (bicyclic) bond motifs is 3. The van der Waals surface area contributed by atoms with Crippen LogP contribution >= 0.6 is 23.2 Å². The van der Waals surface area contributed by atoms with E-state index in [9.17, 15) is 0 Å². The summed E-state index contributed by atoms with van der Waals surface area (Å²) < 4.78 is 0. The summed E-state index contributed by atoms with van der Waals surface area (Å²) in [6, 6.07) is 10.9. The second-order valence-corrected chi connectivity index (χ2v) is 7.66. The minimum absolute atomic E-state index is 0.519. The number of nitrogens with one attached hydrogen (secondary N) is 1. The molecule has 2 bridgehead atoms. The van der Waals surface area contributed by atoms with Crippen LogP contribution in [0.2, 0.25) is 10.0 Å². The van der Waals surface area contributed by atoms with E-state index in [1.165, 1.54) is 25.9 Å². The van der Waals surface area contributed by atoms with Gasteiger partial charge in [-0.3, -0.25) is 9.88 Å². The summed E-state index contributed by atoms with van der Waals surface area (Å²) in [5, 5.41) is 4.83. The van der Waals surface area contributed by atoms with E-state index >= 15 is 0 Å². The van der Waals surface area contributed by atoms with Gasteiger partial charge in [-0.25, -0.2) is 0 Å². The lowest BCUT2D eigenvalue weighted by Gasteiger charge is -2.50. The first-order chi connectivity index (χ1) is 11.6. The molecular weight excluding hydrogens is 341 g/mol. The van der Waals surface area contributed by atoms with Crippen LogP contribution in [-0.4, -0.2) is 35.1 Å². The fraction of sp³-hybridized carbons (Fsp3) is 0.421. The summed E-state index contributed by atoms with van der Waals surface area (Å²) in [5.74, 6) is 0.778. The number of piperidine rings is 3. The Hall–Kier alpha value is -1.29. The third kappa shape index (κ3) is 3.01. The van der Waals surface area contributed by atoms with Gasteiger partial charge in [-0.15, -0.1) is 0 Å². The number of aromatic nitrogens is 1. The van der Waals surface area contributed by atoms with Gasteiger partial charge in [0, 0.05) is 17.6 Å². The van der Waals surface area contributed by atoms with Gasteiger partial charge in [-0.05, 0) is 63.0 Å². The first kappa shape index (κ1) is 16.2. The molecule has 3 saturated heterocycles. The molecule has 0 radical (unpaired) electrons. The van der Waals surface area contributed by atoms with Crippen molar-refractivity contribution < 1.29 is 0 Å². The fourth-order valence-electron chi connectivity index (χ4n) is 4.04. The average Bonchev–Trinajstić information content (AvgIpc) is 2.61. The van der Waals surface area contributed by atoms with Crippen molar-refractivity contribution in [1.82, 2.24) is 9.88 Å². The van der Waals surface area contributed by atoms with Crippen molar-refractivity contribution in [2.24, 2.45) is 5.92 Å². The predicted molar refractivity (Wildman–Crippen MR) is 101 cm³/mol. The Bertz CT molecular complexity index is 722. The molecule has 0 aliphatic carbocycles. The molecular formula is C19H21Cl2N3. The van der Waals surface area contributed by atoms with E-state index in [1.54, 1.807) is 0 Å². The topological polar surface area (TPSA) is 28.2 Å². The van der Waals surface area contributed by atoms with E-state index in [0.717, 1.165) is 22.9 Å². The van der Waals surface area contributed by atoms with Crippen LogP contribution in [0.1, 0.15) is 19.8 Å². The Morgan fingerprint density at radius 2 is 1.88 bits per heavy atom. The molecule has 1 N–H and O–H groups in total. The summed E-state index contributed by atoms with van der Waals surface area (Å²) in [5.41, 5.74) is 2.97. The molecule has 0 unspecified atom stereocenters. The van der Waals surface area contributed by atoms with Gasteiger partial charge in [-0.2, -0.15) is 0 Å². The smallest absolute Gasteiger partial charge is 0.0704 e. The molecule has 3 fully saturated rings. The SMILES string of the molecule is C[C@@H]1[C@@H](Nc2ccc(-c3ccc(Cl)c(Cl)c3)nc2)C2CCN1CC2. The van der Waals surface area contributed by atoms with E-state index in [2.05, 4.69) is 28.2 Å². The Morgan fingerprint density at radius 1 is 1.08 bits per heavy atom. The Labute approximate surface area is 153 Å². The standard InChI is InChI=1S/C19H21Cl2N3/c1-12-19(13-6-8-24(12)9-7-13)23-15-3-5-18(22-11-15)14-2-4-16(20)17(21)10-14/h2-5,10-13,19,23H,6-9H2,1H3/t12-,19-/m1/s1. The van der Waals surface area contributed by atoms with Gasteiger partial charge in [-0.1, -0.05) is 29.3 Å². The Morgan fingerprint density at radius 3 is 2.50 bits per heavy atom. The van der Waals surface area contributed by atoms with Crippen molar-refractivity contribution in [3.8, 4) is 11.3 Å². The lowest BCUT2D eigenvalue weighted by molar-refractivity contribution is 0.0458. The van der Waals surface area contributed by atoms with E-state index in [0.29, 0.717) is 22.1 Å². The van der Waals surface area contributed by atoms with E-state index in [1.807, 2.05) is 30.5 Å². The zero-order valence-electron chi connectivity index (χ0n) is 13.7. The molecule has 126 valence electrons. The normalized spacial score (nSPS) is 28.8. The molecule has 1 aromatic heterocycles. The molecule has 0 amide bonds. The number of benzene rings is 1. The number of hydrogen-bond donors (Lipinski definition) is 1. The first-order valence-electron chi connectivity index (χ1n) is 8.54. The van der Waals surface area contributed by atoms with E-state index < -0.39 is 0 Å². The van der Waals surface area contributed by atoms with Gasteiger partial charge in [0.1, 0.15) is 0 Å². The number of pyridine rings is 1. The van der Waals surface area contributed by atoms with Crippen molar-refractivity contribution in [1.29, 1.82) is 0 Å². The number of nitrogens with zero attached hydrogens (tertiary/aromatic N) is 2. The highest BCUT2D eigenvalue weighted by atomic mass is 35.5. The summed E-state index contributed by atoms with van der Waals surface area (Å²) >= 11 is 12.1. The summed E-state index contributed by atoms with van der Waals surface area (Å²) in [6.07, 6.45) is 4.52. The summed E-state index contributed by atoms with van der Waals surface area (Å²) in [6.45, 7) is 4.83. The third-order valence-corrected chi connectivity index (χ3v) is 6.23. The molecule has 5 heteroatoms. The maximum atomic E-state index is 6.10. The third-order valence-electron chi connectivity index (χ3n) is 5.49. The highest BCUT2D eigenvalue weighted by Gasteiger charge is 2.39. The number of hydrogen-bond acceptors (Lipinski definition) is 3. The zero-order valence-corrected chi connectivity index (χ0v) is 15.2. The van der Waals surface area contributed by atoms with Gasteiger partial charge >= 0.3 is 0 Å². The molecule has 3 aliphatic heterocycles. The highest BCUT2D eigenvalue weighted by Crippen LogP contribution is 2.34. The quantitative estimate of drug-likeness (QED) is 0.837. The van der Waals surface area contributed by atoms with Gasteiger partial charge < -0.3 is 5.32 Å². The molecule has 0 spiro atoms. The molecule has 2 aromatic rings. The zero-order chi connectivity index (χ0) is 16.7. The maximum absolute atomic E-state index is 6.10. The Kier molecular flexibility index (Phi) is 4.42. The minimum Gasteiger partial charge on any atom is -0.379 e. The molecule has 5 rings (SSSR count). The van der Waals surface area contributed by atoms with Crippen LogP contribution in [0.5, 0.6) is 0 Å². The first-order valence-corrected chi connectivity index (χ1v) is 9.29. The lowest BCUT2D eigenvalue weighted by atomic mass is 9.79. The summed E-state index contributed by atoms with van der Waals surface area (Å²) in [4.78, 5) is 7.19. The molecule has 4 heterocycles. The van der Waals surface area contributed by atoms with E-state index in [-0.39, 0.29) is 0 Å². The van der Waals surface area contributed by atoms with Crippen molar-refractivity contribution in [3.05, 3.63) is 46.6 Å². The minimum atomic E-state index is 0.519. The van der Waals surface area contributed by atoms with Crippen LogP contribution in [0, 0.1) is 5.92 Å². The molecule has 3 nitrogen and oxygen atoms in total. The second-order valence-electron chi connectivity index (χ2n) is 6.85. The predicted octanol–water partition coefficient (Wildman–Crippen LogP) is 4.95. The fourth-order valence-corrected chi connectivity index (χ4v) is 4.34. The molecule has 1 aromatic carbocycles. The second kappa shape index (κ2) is 6.55. The van der Waals surface area contributed by atoms with Crippen LogP contribution in [0.3, 0.4) is 0 Å². The largest absolute Gasteiger partial charge is 0.379 e. The monoisotopic (exact) mass is 361 g/mol. The van der Waals surface area contributed by atoms with E-state index in [4.69, 9.17) is 23.2 Å². The van der Waals surface area contributed by atoms with Crippen LogP contribution in [0.15, 0.2) is 36.5 Å². The van der Waals surface area contributed by atoms with Gasteiger partial charge in [0.2, 0.25) is 0 Å². The average molecular weight is 362 g/mol. The van der Waals surface area contributed by atoms with Crippen molar-refractivity contribution >= 4 is 28.9 Å². The number of anilines is 1. The lowest BCUT2D eigenvalue weighted by Crippen LogP contribution is -2.59. The molecule has 24 heavy (non-hydrogen) atoms. The van der Waals surface area contributed by atoms with Crippen LogP contribution in [0.25, 0.3) is 11.3 Å². The maximum Gasteiger partial charge on any atom is 0.0704 e. The summed E-state index contributed by atoms with van der Waals surface area (Å²) in [7, 11) is 0. The van der Waals surface area contributed by atoms with Gasteiger partial charge in [0.25, 0.3) is 0 Å².